The van der Waals surface area contributed by atoms with E-state index in [2.05, 4.69) is 11.4 Å². The molecule has 3 nitrogen and oxygen atoms in total. The fourth-order valence-electron chi connectivity index (χ4n) is 3.23. The zero-order valence-electron chi connectivity index (χ0n) is 13.2. The number of methoxy groups -OCH3 is 1. The smallest absolute Gasteiger partial charge is 0.122 e. The van der Waals surface area contributed by atoms with E-state index in [1.165, 1.54) is 38.5 Å². The monoisotopic (exact) mass is 286 g/mol. The number of hydrogen-bond acceptors (Lipinski definition) is 3. The average Bonchev–Trinajstić information content (AvgIpc) is 2.76. The van der Waals surface area contributed by atoms with Crippen molar-refractivity contribution in [2.45, 2.75) is 63.5 Å². The minimum Gasteiger partial charge on any atom is -0.496 e. The number of ether oxygens (including phenoxy) is 1. The minimum atomic E-state index is -0.538. The van der Waals surface area contributed by atoms with Crippen LogP contribution in [0.4, 0.5) is 0 Å². The fraction of sp³-hybridized carbons (Fsp3) is 0.611. The molecule has 0 saturated heterocycles. The third-order valence-corrected chi connectivity index (χ3v) is 4.36. The van der Waals surface area contributed by atoms with Crippen LogP contribution in [-0.4, -0.2) is 18.7 Å². The SMILES string of the molecule is COc1ccccc1CC(C)(C#N)NC1CCCCCC1. The molecule has 2 rings (SSSR count). The predicted octanol–water partition coefficient (Wildman–Crippen LogP) is 3.83. The minimum absolute atomic E-state index is 0.465. The van der Waals surface area contributed by atoms with Crippen LogP contribution in [0.1, 0.15) is 51.0 Å². The molecule has 1 aliphatic carbocycles. The van der Waals surface area contributed by atoms with E-state index in [1.54, 1.807) is 7.11 Å². The Bertz CT molecular complexity index is 486. The molecule has 0 radical (unpaired) electrons. The molecule has 0 bridgehead atoms. The van der Waals surface area contributed by atoms with E-state index in [4.69, 9.17) is 4.74 Å². The molecule has 0 amide bonds. The molecule has 1 N–H and O–H groups in total. The van der Waals surface area contributed by atoms with Gasteiger partial charge in [0, 0.05) is 12.5 Å². The van der Waals surface area contributed by atoms with E-state index < -0.39 is 5.54 Å². The highest BCUT2D eigenvalue weighted by Gasteiger charge is 2.28. The summed E-state index contributed by atoms with van der Waals surface area (Å²) in [5.41, 5.74) is 0.550. The van der Waals surface area contributed by atoms with Crippen molar-refractivity contribution >= 4 is 0 Å². The molecule has 3 heteroatoms. The zero-order valence-corrected chi connectivity index (χ0v) is 13.2. The van der Waals surface area contributed by atoms with Gasteiger partial charge in [-0.15, -0.1) is 0 Å². The number of nitrogens with zero attached hydrogens (tertiary/aromatic N) is 1. The molecular formula is C18H26N2O. The van der Waals surface area contributed by atoms with Gasteiger partial charge in [0.05, 0.1) is 13.2 Å². The van der Waals surface area contributed by atoms with Gasteiger partial charge in [0.15, 0.2) is 0 Å². The van der Waals surface area contributed by atoms with Crippen molar-refractivity contribution in [1.29, 1.82) is 5.26 Å². The van der Waals surface area contributed by atoms with Gasteiger partial charge in [0.2, 0.25) is 0 Å². The van der Waals surface area contributed by atoms with Crippen molar-refractivity contribution < 1.29 is 4.74 Å². The van der Waals surface area contributed by atoms with Gasteiger partial charge in [-0.1, -0.05) is 43.9 Å². The average molecular weight is 286 g/mol. The zero-order chi connectivity index (χ0) is 15.1. The first-order valence-corrected chi connectivity index (χ1v) is 7.98. The summed E-state index contributed by atoms with van der Waals surface area (Å²) in [6.45, 7) is 2.00. The molecule has 1 unspecified atom stereocenters. The van der Waals surface area contributed by atoms with Crippen molar-refractivity contribution in [3.8, 4) is 11.8 Å². The first-order chi connectivity index (χ1) is 10.2. The highest BCUT2D eigenvalue weighted by molar-refractivity contribution is 5.35. The standard InChI is InChI=1S/C18H26N2O/c1-18(14-19,20-16-10-5-3-4-6-11-16)13-15-9-7-8-12-17(15)21-2/h7-9,12,16,20H,3-6,10-11,13H2,1-2H3. The Labute approximate surface area is 128 Å². The van der Waals surface area contributed by atoms with Crippen LogP contribution in [0.15, 0.2) is 24.3 Å². The first-order valence-electron chi connectivity index (χ1n) is 7.98. The number of rotatable bonds is 5. The summed E-state index contributed by atoms with van der Waals surface area (Å²) in [5.74, 6) is 0.863. The lowest BCUT2D eigenvalue weighted by atomic mass is 9.91. The molecule has 1 aliphatic rings. The molecule has 114 valence electrons. The Balaban J connectivity index is 2.08. The second-order valence-corrected chi connectivity index (χ2v) is 6.27. The second kappa shape index (κ2) is 7.47. The highest BCUT2D eigenvalue weighted by atomic mass is 16.5. The highest BCUT2D eigenvalue weighted by Crippen LogP contribution is 2.25. The summed E-state index contributed by atoms with van der Waals surface area (Å²) < 4.78 is 5.41. The van der Waals surface area contributed by atoms with Crippen LogP contribution in [0.5, 0.6) is 5.75 Å². The number of nitriles is 1. The Kier molecular flexibility index (Phi) is 5.64. The van der Waals surface area contributed by atoms with Crippen LogP contribution >= 0.6 is 0 Å². The maximum absolute atomic E-state index is 9.66. The van der Waals surface area contributed by atoms with E-state index in [-0.39, 0.29) is 0 Å². The number of benzene rings is 1. The number of para-hydroxylation sites is 1. The van der Waals surface area contributed by atoms with E-state index in [1.807, 2.05) is 31.2 Å². The molecule has 1 atom stereocenters. The Morgan fingerprint density at radius 1 is 1.24 bits per heavy atom. The van der Waals surface area contributed by atoms with Crippen LogP contribution in [-0.2, 0) is 6.42 Å². The van der Waals surface area contributed by atoms with Gasteiger partial charge in [-0.25, -0.2) is 0 Å². The molecule has 0 aliphatic heterocycles. The van der Waals surface area contributed by atoms with Gasteiger partial charge in [-0.3, -0.25) is 5.32 Å². The molecule has 1 aromatic rings. The van der Waals surface area contributed by atoms with Gasteiger partial charge >= 0.3 is 0 Å². The van der Waals surface area contributed by atoms with E-state index in [9.17, 15) is 5.26 Å². The van der Waals surface area contributed by atoms with E-state index >= 15 is 0 Å². The lowest BCUT2D eigenvalue weighted by Gasteiger charge is -2.29. The number of hydrogen-bond donors (Lipinski definition) is 1. The maximum Gasteiger partial charge on any atom is 0.122 e. The third-order valence-electron chi connectivity index (χ3n) is 4.36. The molecule has 1 aromatic carbocycles. The molecule has 21 heavy (non-hydrogen) atoms. The molecule has 1 saturated carbocycles. The molecule has 0 aromatic heterocycles. The molecule has 0 heterocycles. The molecular weight excluding hydrogens is 260 g/mol. The topological polar surface area (TPSA) is 45.0 Å². The van der Waals surface area contributed by atoms with Gasteiger partial charge in [0.1, 0.15) is 11.3 Å². The van der Waals surface area contributed by atoms with Crippen LogP contribution in [0.2, 0.25) is 0 Å². The normalized spacial score (nSPS) is 19.3. The van der Waals surface area contributed by atoms with Gasteiger partial charge in [-0.2, -0.15) is 5.26 Å². The molecule has 0 spiro atoms. The summed E-state index contributed by atoms with van der Waals surface area (Å²) in [6, 6.07) is 10.9. The Hall–Kier alpha value is -1.53. The lowest BCUT2D eigenvalue weighted by molar-refractivity contribution is 0.342. The fourth-order valence-corrected chi connectivity index (χ4v) is 3.23. The van der Waals surface area contributed by atoms with Crippen molar-refractivity contribution in [3.63, 3.8) is 0 Å². The predicted molar refractivity (Wildman–Crippen MR) is 85.3 cm³/mol. The van der Waals surface area contributed by atoms with E-state index in [0.29, 0.717) is 12.5 Å². The van der Waals surface area contributed by atoms with Gasteiger partial charge < -0.3 is 4.74 Å². The van der Waals surface area contributed by atoms with Crippen molar-refractivity contribution in [2.24, 2.45) is 0 Å². The molecule has 1 fully saturated rings. The van der Waals surface area contributed by atoms with Crippen LogP contribution in [0.25, 0.3) is 0 Å². The third kappa shape index (κ3) is 4.47. The Morgan fingerprint density at radius 3 is 2.52 bits per heavy atom. The van der Waals surface area contributed by atoms with Gasteiger partial charge in [-0.05, 0) is 31.4 Å². The Morgan fingerprint density at radius 2 is 1.90 bits per heavy atom. The van der Waals surface area contributed by atoms with Crippen molar-refractivity contribution in [3.05, 3.63) is 29.8 Å². The van der Waals surface area contributed by atoms with Gasteiger partial charge in [0.25, 0.3) is 0 Å². The lowest BCUT2D eigenvalue weighted by Crippen LogP contribution is -2.48. The summed E-state index contributed by atoms with van der Waals surface area (Å²) in [5, 5.41) is 13.3. The largest absolute Gasteiger partial charge is 0.496 e. The van der Waals surface area contributed by atoms with Crippen molar-refractivity contribution in [2.75, 3.05) is 7.11 Å². The first kappa shape index (κ1) is 15.9. The summed E-state index contributed by atoms with van der Waals surface area (Å²) >= 11 is 0. The number of nitrogens with one attached hydrogen (secondary N) is 1. The summed E-state index contributed by atoms with van der Waals surface area (Å²) in [4.78, 5) is 0. The summed E-state index contributed by atoms with van der Waals surface area (Å²) in [6.07, 6.45) is 8.24. The van der Waals surface area contributed by atoms with Crippen LogP contribution < -0.4 is 10.1 Å². The van der Waals surface area contributed by atoms with E-state index in [0.717, 1.165) is 11.3 Å². The summed E-state index contributed by atoms with van der Waals surface area (Å²) in [7, 11) is 1.68. The maximum atomic E-state index is 9.66. The quantitative estimate of drug-likeness (QED) is 0.837. The van der Waals surface area contributed by atoms with Crippen LogP contribution in [0.3, 0.4) is 0 Å². The van der Waals surface area contributed by atoms with Crippen molar-refractivity contribution in [1.82, 2.24) is 5.32 Å². The van der Waals surface area contributed by atoms with Crippen LogP contribution in [0, 0.1) is 11.3 Å². The second-order valence-electron chi connectivity index (χ2n) is 6.27.